The summed E-state index contributed by atoms with van der Waals surface area (Å²) in [5, 5.41) is 7.74. The minimum absolute atomic E-state index is 0.00457. The first-order valence-corrected chi connectivity index (χ1v) is 7.84. The molecule has 2 aliphatic heterocycles. The molecule has 0 aromatic carbocycles. The first kappa shape index (κ1) is 14.5. The standard InChI is InChI=1S/C15H24N4O2/c1-21-14-4-7-18(8-5-14)13-9-15(20)19(17-10-13)11-12-3-2-6-16-12/h9-10,12,14,16H,2-8,11H2,1H3. The van der Waals surface area contributed by atoms with Crippen LogP contribution in [-0.2, 0) is 11.3 Å². The van der Waals surface area contributed by atoms with Crippen molar-refractivity contribution in [1.29, 1.82) is 0 Å². The summed E-state index contributed by atoms with van der Waals surface area (Å²) >= 11 is 0. The van der Waals surface area contributed by atoms with E-state index in [4.69, 9.17) is 4.74 Å². The Morgan fingerprint density at radius 1 is 1.38 bits per heavy atom. The van der Waals surface area contributed by atoms with E-state index in [-0.39, 0.29) is 5.56 Å². The van der Waals surface area contributed by atoms with Gasteiger partial charge in [-0.15, -0.1) is 0 Å². The molecule has 2 fully saturated rings. The van der Waals surface area contributed by atoms with E-state index in [0.29, 0.717) is 18.7 Å². The molecule has 116 valence electrons. The van der Waals surface area contributed by atoms with Gasteiger partial charge >= 0.3 is 0 Å². The summed E-state index contributed by atoms with van der Waals surface area (Å²) in [6.07, 6.45) is 6.50. The van der Waals surface area contributed by atoms with Gasteiger partial charge in [0.25, 0.3) is 5.56 Å². The Kier molecular flexibility index (Phi) is 4.55. The van der Waals surface area contributed by atoms with Gasteiger partial charge in [-0.05, 0) is 32.2 Å². The van der Waals surface area contributed by atoms with Crippen molar-refractivity contribution in [2.75, 3.05) is 31.6 Å². The second kappa shape index (κ2) is 6.58. The second-order valence-corrected chi connectivity index (χ2v) is 5.95. The van der Waals surface area contributed by atoms with Crippen LogP contribution in [0.2, 0.25) is 0 Å². The van der Waals surface area contributed by atoms with Crippen LogP contribution < -0.4 is 15.8 Å². The Morgan fingerprint density at radius 3 is 2.81 bits per heavy atom. The Balaban J connectivity index is 1.65. The number of aromatic nitrogens is 2. The van der Waals surface area contributed by atoms with Crippen molar-refractivity contribution in [1.82, 2.24) is 15.1 Å². The third kappa shape index (κ3) is 3.44. The van der Waals surface area contributed by atoms with Crippen LogP contribution in [0.15, 0.2) is 17.1 Å². The van der Waals surface area contributed by atoms with E-state index < -0.39 is 0 Å². The average Bonchev–Trinajstić information content (AvgIpc) is 3.02. The van der Waals surface area contributed by atoms with Gasteiger partial charge in [0.1, 0.15) is 0 Å². The van der Waals surface area contributed by atoms with Crippen LogP contribution in [0, 0.1) is 0 Å². The molecule has 1 unspecified atom stereocenters. The summed E-state index contributed by atoms with van der Waals surface area (Å²) in [7, 11) is 1.76. The summed E-state index contributed by atoms with van der Waals surface area (Å²) in [6.45, 7) is 3.57. The molecule has 2 aliphatic rings. The summed E-state index contributed by atoms with van der Waals surface area (Å²) in [6, 6.07) is 2.10. The van der Waals surface area contributed by atoms with Crippen LogP contribution in [-0.4, -0.2) is 48.7 Å². The maximum Gasteiger partial charge on any atom is 0.268 e. The molecule has 3 rings (SSSR count). The number of rotatable bonds is 4. The molecule has 0 saturated carbocycles. The summed E-state index contributed by atoms with van der Waals surface area (Å²) in [5.74, 6) is 0. The zero-order chi connectivity index (χ0) is 14.7. The van der Waals surface area contributed by atoms with Gasteiger partial charge in [0, 0.05) is 32.3 Å². The Morgan fingerprint density at radius 2 is 2.19 bits per heavy atom. The van der Waals surface area contributed by atoms with Gasteiger partial charge in [0.2, 0.25) is 0 Å². The zero-order valence-electron chi connectivity index (χ0n) is 12.6. The minimum Gasteiger partial charge on any atom is -0.381 e. The maximum atomic E-state index is 12.2. The van der Waals surface area contributed by atoms with Crippen molar-refractivity contribution in [2.45, 2.75) is 44.4 Å². The number of methoxy groups -OCH3 is 1. The molecule has 0 spiro atoms. The minimum atomic E-state index is -0.00457. The quantitative estimate of drug-likeness (QED) is 0.881. The molecule has 1 aromatic rings. The number of ether oxygens (including phenoxy) is 1. The van der Waals surface area contributed by atoms with Crippen molar-refractivity contribution in [3.8, 4) is 0 Å². The number of piperidine rings is 1. The number of hydrogen-bond acceptors (Lipinski definition) is 5. The second-order valence-electron chi connectivity index (χ2n) is 5.95. The lowest BCUT2D eigenvalue weighted by molar-refractivity contribution is 0.0819. The van der Waals surface area contributed by atoms with Gasteiger partial charge in [0.05, 0.1) is 24.5 Å². The van der Waals surface area contributed by atoms with Crippen molar-refractivity contribution in [3.63, 3.8) is 0 Å². The number of hydrogen-bond donors (Lipinski definition) is 1. The summed E-state index contributed by atoms with van der Waals surface area (Å²) in [5.41, 5.74) is 0.931. The van der Waals surface area contributed by atoms with E-state index in [1.54, 1.807) is 17.9 Å². The first-order chi connectivity index (χ1) is 10.3. The smallest absolute Gasteiger partial charge is 0.268 e. The maximum absolute atomic E-state index is 12.2. The van der Waals surface area contributed by atoms with E-state index in [9.17, 15) is 4.79 Å². The summed E-state index contributed by atoms with van der Waals surface area (Å²) < 4.78 is 6.96. The number of anilines is 1. The highest BCUT2D eigenvalue weighted by Crippen LogP contribution is 2.19. The average molecular weight is 292 g/mol. The molecule has 0 bridgehead atoms. The third-order valence-electron chi connectivity index (χ3n) is 4.55. The van der Waals surface area contributed by atoms with Crippen LogP contribution in [0.4, 0.5) is 5.69 Å². The Bertz CT molecular complexity index is 517. The SMILES string of the molecule is COC1CCN(c2cnn(CC3CCCN3)c(=O)c2)CC1. The zero-order valence-corrected chi connectivity index (χ0v) is 12.6. The molecule has 1 aromatic heterocycles. The molecule has 0 radical (unpaired) electrons. The number of nitrogens with one attached hydrogen (secondary N) is 1. The van der Waals surface area contributed by atoms with Gasteiger partial charge in [-0.25, -0.2) is 4.68 Å². The van der Waals surface area contributed by atoms with E-state index in [0.717, 1.165) is 44.6 Å². The van der Waals surface area contributed by atoms with Crippen molar-refractivity contribution >= 4 is 5.69 Å². The molecule has 6 nitrogen and oxygen atoms in total. The van der Waals surface area contributed by atoms with Gasteiger partial charge in [-0.3, -0.25) is 4.79 Å². The molecular weight excluding hydrogens is 268 g/mol. The molecule has 21 heavy (non-hydrogen) atoms. The highest BCUT2D eigenvalue weighted by atomic mass is 16.5. The first-order valence-electron chi connectivity index (χ1n) is 7.84. The van der Waals surface area contributed by atoms with Crippen LogP contribution in [0.25, 0.3) is 0 Å². The highest BCUT2D eigenvalue weighted by Gasteiger charge is 2.20. The Hall–Kier alpha value is -1.40. The molecule has 1 N–H and O–H groups in total. The lowest BCUT2D eigenvalue weighted by Crippen LogP contribution is -2.38. The summed E-state index contributed by atoms with van der Waals surface area (Å²) in [4.78, 5) is 14.4. The molecule has 0 aliphatic carbocycles. The van der Waals surface area contributed by atoms with Gasteiger partial charge in [-0.1, -0.05) is 0 Å². The van der Waals surface area contributed by atoms with Gasteiger partial charge in [-0.2, -0.15) is 5.10 Å². The fraction of sp³-hybridized carbons (Fsp3) is 0.733. The monoisotopic (exact) mass is 292 g/mol. The molecular formula is C15H24N4O2. The molecule has 1 atom stereocenters. The molecule has 0 amide bonds. The lowest BCUT2D eigenvalue weighted by Gasteiger charge is -2.32. The van der Waals surface area contributed by atoms with Crippen molar-refractivity contribution < 1.29 is 4.74 Å². The van der Waals surface area contributed by atoms with Crippen LogP contribution in [0.1, 0.15) is 25.7 Å². The topological polar surface area (TPSA) is 59.4 Å². The third-order valence-corrected chi connectivity index (χ3v) is 4.55. The predicted octanol–water partition coefficient (Wildman–Crippen LogP) is 0.611. The normalized spacial score (nSPS) is 23.7. The van der Waals surface area contributed by atoms with E-state index in [2.05, 4.69) is 15.3 Å². The number of nitrogens with zero attached hydrogens (tertiary/aromatic N) is 3. The fourth-order valence-electron chi connectivity index (χ4n) is 3.21. The van der Waals surface area contributed by atoms with E-state index in [1.165, 1.54) is 6.42 Å². The van der Waals surface area contributed by atoms with E-state index >= 15 is 0 Å². The van der Waals surface area contributed by atoms with Crippen molar-refractivity contribution in [2.24, 2.45) is 0 Å². The molecule has 2 saturated heterocycles. The lowest BCUT2D eigenvalue weighted by atomic mass is 10.1. The largest absolute Gasteiger partial charge is 0.381 e. The van der Waals surface area contributed by atoms with E-state index in [1.807, 2.05) is 6.20 Å². The van der Waals surface area contributed by atoms with Crippen LogP contribution in [0.3, 0.4) is 0 Å². The van der Waals surface area contributed by atoms with Crippen molar-refractivity contribution in [3.05, 3.63) is 22.6 Å². The highest BCUT2D eigenvalue weighted by molar-refractivity contribution is 5.43. The molecule has 6 heteroatoms. The molecule has 3 heterocycles. The van der Waals surface area contributed by atoms with Crippen LogP contribution in [0.5, 0.6) is 0 Å². The van der Waals surface area contributed by atoms with Crippen LogP contribution >= 0.6 is 0 Å². The van der Waals surface area contributed by atoms with Gasteiger partial charge in [0.15, 0.2) is 0 Å². The Labute approximate surface area is 125 Å². The predicted molar refractivity (Wildman–Crippen MR) is 81.8 cm³/mol. The van der Waals surface area contributed by atoms with Gasteiger partial charge < -0.3 is 15.0 Å². The fourth-order valence-corrected chi connectivity index (χ4v) is 3.21.